The van der Waals surface area contributed by atoms with Crippen LogP contribution in [0.2, 0.25) is 0 Å². The first kappa shape index (κ1) is 13.7. The van der Waals surface area contributed by atoms with E-state index in [0.29, 0.717) is 12.8 Å². The van der Waals surface area contributed by atoms with E-state index in [1.165, 1.54) is 32.2 Å². The first-order valence-corrected chi connectivity index (χ1v) is 7.63. The van der Waals surface area contributed by atoms with E-state index < -0.39 is 0 Å². The Labute approximate surface area is 120 Å². The maximum Gasteiger partial charge on any atom is 0.231 e. The van der Waals surface area contributed by atoms with Crippen molar-refractivity contribution in [1.82, 2.24) is 4.90 Å². The highest BCUT2D eigenvalue weighted by Gasteiger charge is 2.21. The lowest BCUT2D eigenvalue weighted by atomic mass is 10.1. The Hall–Kier alpha value is -1.26. The Morgan fingerprint density at radius 3 is 3.00 bits per heavy atom. The molecular formula is C16H24N2O2. The first-order chi connectivity index (χ1) is 9.74. The molecule has 1 aromatic rings. The largest absolute Gasteiger partial charge is 0.454 e. The third-order valence-electron chi connectivity index (χ3n) is 4.45. The van der Waals surface area contributed by atoms with Crippen LogP contribution >= 0.6 is 0 Å². The summed E-state index contributed by atoms with van der Waals surface area (Å²) in [6.45, 7) is 4.72. The fraction of sp³-hybridized carbons (Fsp3) is 0.625. The molecule has 4 heteroatoms. The summed E-state index contributed by atoms with van der Waals surface area (Å²) in [5.41, 5.74) is 7.53. The molecule has 0 spiro atoms. The number of rotatable bonds is 3. The van der Waals surface area contributed by atoms with Crippen LogP contribution in [-0.4, -0.2) is 30.8 Å². The molecular weight excluding hydrogens is 252 g/mol. The summed E-state index contributed by atoms with van der Waals surface area (Å²) in [5, 5.41) is 0. The van der Waals surface area contributed by atoms with Gasteiger partial charge in [0.2, 0.25) is 6.79 Å². The van der Waals surface area contributed by atoms with E-state index in [-0.39, 0.29) is 6.04 Å². The summed E-state index contributed by atoms with van der Waals surface area (Å²) in [6.07, 6.45) is 5.27. The minimum Gasteiger partial charge on any atom is -0.454 e. The van der Waals surface area contributed by atoms with Crippen molar-refractivity contribution in [3.8, 4) is 11.5 Å². The van der Waals surface area contributed by atoms with Crippen LogP contribution in [0.3, 0.4) is 0 Å². The fourth-order valence-corrected chi connectivity index (χ4v) is 3.11. The Morgan fingerprint density at radius 2 is 2.10 bits per heavy atom. The van der Waals surface area contributed by atoms with Gasteiger partial charge in [0.1, 0.15) is 0 Å². The van der Waals surface area contributed by atoms with Crippen LogP contribution < -0.4 is 15.2 Å². The van der Waals surface area contributed by atoms with Gasteiger partial charge in [0.25, 0.3) is 0 Å². The monoisotopic (exact) mass is 276 g/mol. The molecule has 1 fully saturated rings. The molecule has 0 aliphatic carbocycles. The van der Waals surface area contributed by atoms with E-state index in [4.69, 9.17) is 15.2 Å². The number of hydrogen-bond donors (Lipinski definition) is 1. The average Bonchev–Trinajstić information content (AvgIpc) is 2.83. The minimum absolute atomic E-state index is 0.0325. The van der Waals surface area contributed by atoms with Crippen LogP contribution in [-0.2, 0) is 0 Å². The number of nitrogens with zero attached hydrogens (tertiary/aromatic N) is 1. The second kappa shape index (κ2) is 6.02. The molecule has 2 atom stereocenters. The highest BCUT2D eigenvalue weighted by atomic mass is 16.7. The van der Waals surface area contributed by atoms with Crippen molar-refractivity contribution in [3.05, 3.63) is 23.8 Å². The van der Waals surface area contributed by atoms with Crippen molar-refractivity contribution in [2.45, 2.75) is 44.7 Å². The molecule has 0 aromatic heterocycles. The number of nitrogens with two attached hydrogens (primary N) is 1. The molecule has 2 N–H and O–H groups in total. The van der Waals surface area contributed by atoms with Gasteiger partial charge in [-0.15, -0.1) is 0 Å². The number of benzene rings is 1. The van der Waals surface area contributed by atoms with Crippen LogP contribution in [0.1, 0.15) is 44.2 Å². The summed E-state index contributed by atoms with van der Waals surface area (Å²) in [7, 11) is 0. The van der Waals surface area contributed by atoms with Crippen molar-refractivity contribution < 1.29 is 9.47 Å². The van der Waals surface area contributed by atoms with Gasteiger partial charge in [-0.05, 0) is 44.0 Å². The number of hydrogen-bond acceptors (Lipinski definition) is 4. The Balaban J connectivity index is 1.67. The SMILES string of the molecule is CC1CCCCCN1CC(N)c1ccc2c(c1)OCO2. The normalized spacial score (nSPS) is 24.4. The fourth-order valence-electron chi connectivity index (χ4n) is 3.11. The maximum absolute atomic E-state index is 6.40. The summed E-state index contributed by atoms with van der Waals surface area (Å²) in [4.78, 5) is 2.53. The van der Waals surface area contributed by atoms with Crippen LogP contribution in [0.4, 0.5) is 0 Å². The van der Waals surface area contributed by atoms with Crippen molar-refractivity contribution in [2.75, 3.05) is 19.9 Å². The van der Waals surface area contributed by atoms with Gasteiger partial charge < -0.3 is 15.2 Å². The number of ether oxygens (including phenoxy) is 2. The second-order valence-corrected chi connectivity index (χ2v) is 5.91. The molecule has 0 saturated carbocycles. The zero-order chi connectivity index (χ0) is 13.9. The highest BCUT2D eigenvalue weighted by molar-refractivity contribution is 5.45. The predicted molar refractivity (Wildman–Crippen MR) is 79.0 cm³/mol. The highest BCUT2D eigenvalue weighted by Crippen LogP contribution is 2.34. The summed E-state index contributed by atoms with van der Waals surface area (Å²) in [6, 6.07) is 6.71. The zero-order valence-corrected chi connectivity index (χ0v) is 12.2. The maximum atomic E-state index is 6.40. The quantitative estimate of drug-likeness (QED) is 0.922. The predicted octanol–water partition coefficient (Wildman–Crippen LogP) is 2.68. The molecule has 110 valence electrons. The Kier molecular flexibility index (Phi) is 4.13. The molecule has 2 aliphatic heterocycles. The lowest BCUT2D eigenvalue weighted by molar-refractivity contribution is 0.174. The van der Waals surface area contributed by atoms with E-state index in [2.05, 4.69) is 17.9 Å². The van der Waals surface area contributed by atoms with Crippen molar-refractivity contribution >= 4 is 0 Å². The van der Waals surface area contributed by atoms with Gasteiger partial charge in [0, 0.05) is 18.6 Å². The molecule has 4 nitrogen and oxygen atoms in total. The topological polar surface area (TPSA) is 47.7 Å². The minimum atomic E-state index is 0.0325. The van der Waals surface area contributed by atoms with Gasteiger partial charge in [-0.3, -0.25) is 4.90 Å². The van der Waals surface area contributed by atoms with Gasteiger partial charge >= 0.3 is 0 Å². The first-order valence-electron chi connectivity index (χ1n) is 7.63. The van der Waals surface area contributed by atoms with Gasteiger partial charge in [-0.2, -0.15) is 0 Å². The average molecular weight is 276 g/mol. The summed E-state index contributed by atoms with van der Waals surface area (Å²) < 4.78 is 10.8. The van der Waals surface area contributed by atoms with Crippen LogP contribution in [0, 0.1) is 0 Å². The lowest BCUT2D eigenvalue weighted by Gasteiger charge is -2.29. The van der Waals surface area contributed by atoms with Crippen LogP contribution in [0.15, 0.2) is 18.2 Å². The van der Waals surface area contributed by atoms with E-state index in [0.717, 1.165) is 23.6 Å². The van der Waals surface area contributed by atoms with E-state index in [1.807, 2.05) is 12.1 Å². The molecule has 2 aliphatic rings. The third kappa shape index (κ3) is 2.91. The van der Waals surface area contributed by atoms with E-state index in [9.17, 15) is 0 Å². The third-order valence-corrected chi connectivity index (χ3v) is 4.45. The van der Waals surface area contributed by atoms with Gasteiger partial charge in [0.05, 0.1) is 0 Å². The van der Waals surface area contributed by atoms with Crippen LogP contribution in [0.5, 0.6) is 11.5 Å². The lowest BCUT2D eigenvalue weighted by Crippen LogP contribution is -2.38. The van der Waals surface area contributed by atoms with E-state index >= 15 is 0 Å². The molecule has 1 aromatic carbocycles. The number of fused-ring (bicyclic) bond motifs is 1. The molecule has 1 saturated heterocycles. The van der Waals surface area contributed by atoms with E-state index in [1.54, 1.807) is 0 Å². The number of likely N-dealkylation sites (tertiary alicyclic amines) is 1. The molecule has 20 heavy (non-hydrogen) atoms. The molecule has 0 amide bonds. The van der Waals surface area contributed by atoms with Crippen molar-refractivity contribution in [1.29, 1.82) is 0 Å². The molecule has 0 bridgehead atoms. The Bertz CT molecular complexity index is 464. The van der Waals surface area contributed by atoms with Crippen molar-refractivity contribution in [2.24, 2.45) is 5.73 Å². The smallest absolute Gasteiger partial charge is 0.231 e. The Morgan fingerprint density at radius 1 is 1.25 bits per heavy atom. The van der Waals surface area contributed by atoms with Gasteiger partial charge in [0.15, 0.2) is 11.5 Å². The molecule has 0 radical (unpaired) electrons. The van der Waals surface area contributed by atoms with Gasteiger partial charge in [-0.25, -0.2) is 0 Å². The van der Waals surface area contributed by atoms with Crippen molar-refractivity contribution in [3.63, 3.8) is 0 Å². The van der Waals surface area contributed by atoms with Crippen LogP contribution in [0.25, 0.3) is 0 Å². The second-order valence-electron chi connectivity index (χ2n) is 5.91. The summed E-state index contributed by atoms with van der Waals surface area (Å²) >= 11 is 0. The van der Waals surface area contributed by atoms with Gasteiger partial charge in [-0.1, -0.05) is 18.9 Å². The standard InChI is InChI=1S/C16H24N2O2/c1-12-5-3-2-4-8-18(12)10-14(17)13-6-7-15-16(9-13)20-11-19-15/h6-7,9,12,14H,2-5,8,10-11,17H2,1H3. The zero-order valence-electron chi connectivity index (χ0n) is 12.2. The molecule has 2 unspecified atom stereocenters. The molecule has 3 rings (SSSR count). The molecule has 2 heterocycles. The summed E-state index contributed by atoms with van der Waals surface area (Å²) in [5.74, 6) is 1.64.